The first-order valence-electron chi connectivity index (χ1n) is 8.66. The number of carbonyl (C=O) groups excluding carboxylic acids is 1. The summed E-state index contributed by atoms with van der Waals surface area (Å²) in [4.78, 5) is 14.5. The molecule has 0 aliphatic carbocycles. The molecule has 1 fully saturated rings. The Balaban J connectivity index is 2.11. The minimum Gasteiger partial charge on any atom is -0.354 e. The number of nitrogens with one attached hydrogen (secondary N) is 1. The fraction of sp³-hybridized carbons (Fsp3) is 0.632. The summed E-state index contributed by atoms with van der Waals surface area (Å²) >= 11 is 0. The molecular formula is C19H30N2O. The Labute approximate surface area is 135 Å². The van der Waals surface area contributed by atoms with Gasteiger partial charge in [0.2, 0.25) is 5.91 Å². The van der Waals surface area contributed by atoms with Crippen molar-refractivity contribution < 1.29 is 4.79 Å². The topological polar surface area (TPSA) is 32.3 Å². The molecule has 1 aromatic carbocycles. The highest BCUT2D eigenvalue weighted by Crippen LogP contribution is 2.24. The van der Waals surface area contributed by atoms with Crippen molar-refractivity contribution in [2.24, 2.45) is 5.92 Å². The predicted octanol–water partition coefficient (Wildman–Crippen LogP) is 3.68. The van der Waals surface area contributed by atoms with Crippen molar-refractivity contribution in [3.63, 3.8) is 0 Å². The minimum atomic E-state index is 0.0443. The van der Waals surface area contributed by atoms with E-state index in [9.17, 15) is 4.79 Å². The summed E-state index contributed by atoms with van der Waals surface area (Å²) in [5.41, 5.74) is 2.60. The third-order valence-electron chi connectivity index (χ3n) is 4.54. The first-order chi connectivity index (χ1) is 10.6. The molecular weight excluding hydrogens is 272 g/mol. The smallest absolute Gasteiger partial charge is 0.222 e. The van der Waals surface area contributed by atoms with E-state index >= 15 is 0 Å². The number of likely N-dealkylation sites (tertiary alicyclic amines) is 1. The van der Waals surface area contributed by atoms with Crippen LogP contribution in [0.25, 0.3) is 0 Å². The van der Waals surface area contributed by atoms with Crippen molar-refractivity contribution >= 4 is 5.91 Å². The number of rotatable bonds is 5. The van der Waals surface area contributed by atoms with E-state index in [-0.39, 0.29) is 11.8 Å². The molecule has 122 valence electrons. The van der Waals surface area contributed by atoms with E-state index in [1.54, 1.807) is 0 Å². The molecule has 0 unspecified atom stereocenters. The Morgan fingerprint density at radius 1 is 1.09 bits per heavy atom. The van der Waals surface area contributed by atoms with Gasteiger partial charge in [-0.15, -0.1) is 0 Å². The fourth-order valence-corrected chi connectivity index (χ4v) is 3.05. The molecule has 3 heteroatoms. The number of nitrogens with zero attached hydrogens (tertiary/aromatic N) is 1. The molecule has 1 aliphatic heterocycles. The van der Waals surface area contributed by atoms with Gasteiger partial charge in [-0.25, -0.2) is 0 Å². The van der Waals surface area contributed by atoms with E-state index in [2.05, 4.69) is 41.4 Å². The van der Waals surface area contributed by atoms with E-state index in [1.807, 2.05) is 13.8 Å². The van der Waals surface area contributed by atoms with E-state index in [0.717, 1.165) is 13.1 Å². The average molecular weight is 302 g/mol. The SMILES string of the molecule is Cc1ccc([C@H](CNC(=O)C(C)C)N2CCCCCC2)cc1. The quantitative estimate of drug-likeness (QED) is 0.900. The number of hydrogen-bond acceptors (Lipinski definition) is 2. The standard InChI is InChI=1S/C19H30N2O/c1-15(2)19(22)20-14-18(17-10-8-16(3)9-11-17)21-12-6-4-5-7-13-21/h8-11,15,18H,4-7,12-14H2,1-3H3,(H,20,22)/t18-/m0/s1. The summed E-state index contributed by atoms with van der Waals surface area (Å²) in [6.07, 6.45) is 5.19. The van der Waals surface area contributed by atoms with Crippen LogP contribution in [-0.4, -0.2) is 30.4 Å². The van der Waals surface area contributed by atoms with Gasteiger partial charge < -0.3 is 5.32 Å². The molecule has 1 aliphatic rings. The Kier molecular flexibility index (Phi) is 6.44. The van der Waals surface area contributed by atoms with E-state index < -0.39 is 0 Å². The molecule has 1 atom stereocenters. The van der Waals surface area contributed by atoms with E-state index in [4.69, 9.17) is 0 Å². The van der Waals surface area contributed by atoms with Crippen molar-refractivity contribution in [1.82, 2.24) is 10.2 Å². The molecule has 1 amide bonds. The van der Waals surface area contributed by atoms with Crippen molar-refractivity contribution in [1.29, 1.82) is 0 Å². The van der Waals surface area contributed by atoms with Crippen LogP contribution in [0.15, 0.2) is 24.3 Å². The maximum absolute atomic E-state index is 12.0. The Bertz CT molecular complexity index is 459. The van der Waals surface area contributed by atoms with Crippen LogP contribution in [-0.2, 0) is 4.79 Å². The molecule has 0 saturated carbocycles. The van der Waals surface area contributed by atoms with Crippen LogP contribution >= 0.6 is 0 Å². The lowest BCUT2D eigenvalue weighted by molar-refractivity contribution is -0.124. The Morgan fingerprint density at radius 3 is 2.23 bits per heavy atom. The highest BCUT2D eigenvalue weighted by Gasteiger charge is 2.22. The molecule has 1 aromatic rings. The molecule has 3 nitrogen and oxygen atoms in total. The monoisotopic (exact) mass is 302 g/mol. The molecule has 1 heterocycles. The number of benzene rings is 1. The maximum atomic E-state index is 12.0. The lowest BCUT2D eigenvalue weighted by atomic mass is 10.0. The lowest BCUT2D eigenvalue weighted by Crippen LogP contribution is -2.39. The first kappa shape index (κ1) is 17.0. The van der Waals surface area contributed by atoms with Gasteiger partial charge in [0, 0.05) is 12.5 Å². The first-order valence-corrected chi connectivity index (χ1v) is 8.66. The second kappa shape index (κ2) is 8.33. The summed E-state index contributed by atoms with van der Waals surface area (Å²) < 4.78 is 0. The van der Waals surface area contributed by atoms with Gasteiger partial charge in [0.05, 0.1) is 6.04 Å². The van der Waals surface area contributed by atoms with Crippen LogP contribution in [0.3, 0.4) is 0 Å². The number of hydrogen-bond donors (Lipinski definition) is 1. The molecule has 0 spiro atoms. The maximum Gasteiger partial charge on any atom is 0.222 e. The Hall–Kier alpha value is -1.35. The molecule has 22 heavy (non-hydrogen) atoms. The molecule has 1 N–H and O–H groups in total. The number of amides is 1. The summed E-state index contributed by atoms with van der Waals surface area (Å²) in [5, 5.41) is 3.13. The van der Waals surface area contributed by atoms with E-state index in [1.165, 1.54) is 36.8 Å². The van der Waals surface area contributed by atoms with Gasteiger partial charge in [-0.1, -0.05) is 56.5 Å². The van der Waals surface area contributed by atoms with Gasteiger partial charge in [0.15, 0.2) is 0 Å². The van der Waals surface area contributed by atoms with Gasteiger partial charge in [-0.05, 0) is 38.4 Å². The lowest BCUT2D eigenvalue weighted by Gasteiger charge is -2.31. The van der Waals surface area contributed by atoms with Crippen LogP contribution in [0, 0.1) is 12.8 Å². The third-order valence-corrected chi connectivity index (χ3v) is 4.54. The van der Waals surface area contributed by atoms with Gasteiger partial charge >= 0.3 is 0 Å². The molecule has 0 bridgehead atoms. The molecule has 0 aromatic heterocycles. The zero-order valence-electron chi connectivity index (χ0n) is 14.3. The van der Waals surface area contributed by atoms with E-state index in [0.29, 0.717) is 12.6 Å². The molecule has 0 radical (unpaired) electrons. The summed E-state index contributed by atoms with van der Waals surface area (Å²) in [6, 6.07) is 9.06. The predicted molar refractivity (Wildman–Crippen MR) is 91.8 cm³/mol. The molecule has 2 rings (SSSR count). The summed E-state index contributed by atoms with van der Waals surface area (Å²) in [7, 11) is 0. The number of carbonyl (C=O) groups is 1. The van der Waals surface area contributed by atoms with Crippen molar-refractivity contribution in [3.05, 3.63) is 35.4 Å². The molecule has 1 saturated heterocycles. The second-order valence-corrected chi connectivity index (χ2v) is 6.78. The van der Waals surface area contributed by atoms with Gasteiger partial charge in [-0.2, -0.15) is 0 Å². The fourth-order valence-electron chi connectivity index (χ4n) is 3.05. The zero-order chi connectivity index (χ0) is 15.9. The Morgan fingerprint density at radius 2 is 1.68 bits per heavy atom. The van der Waals surface area contributed by atoms with Crippen LogP contribution in [0.1, 0.15) is 56.7 Å². The zero-order valence-corrected chi connectivity index (χ0v) is 14.3. The van der Waals surface area contributed by atoms with Crippen LogP contribution in [0.5, 0.6) is 0 Å². The van der Waals surface area contributed by atoms with Crippen LogP contribution in [0.2, 0.25) is 0 Å². The van der Waals surface area contributed by atoms with Gasteiger partial charge in [0.1, 0.15) is 0 Å². The summed E-state index contributed by atoms with van der Waals surface area (Å²) in [6.45, 7) is 8.99. The second-order valence-electron chi connectivity index (χ2n) is 6.78. The largest absolute Gasteiger partial charge is 0.354 e. The highest BCUT2D eigenvalue weighted by atomic mass is 16.1. The number of aryl methyl sites for hydroxylation is 1. The van der Waals surface area contributed by atoms with Crippen LogP contribution in [0.4, 0.5) is 0 Å². The van der Waals surface area contributed by atoms with Crippen LogP contribution < -0.4 is 5.32 Å². The minimum absolute atomic E-state index is 0.0443. The van der Waals surface area contributed by atoms with Gasteiger partial charge in [-0.3, -0.25) is 9.69 Å². The average Bonchev–Trinajstić information content (AvgIpc) is 2.78. The van der Waals surface area contributed by atoms with Crippen molar-refractivity contribution in [3.8, 4) is 0 Å². The third kappa shape index (κ3) is 4.84. The van der Waals surface area contributed by atoms with Crippen molar-refractivity contribution in [2.75, 3.05) is 19.6 Å². The summed E-state index contributed by atoms with van der Waals surface area (Å²) in [5.74, 6) is 0.190. The van der Waals surface area contributed by atoms with Crippen molar-refractivity contribution in [2.45, 2.75) is 52.5 Å². The highest BCUT2D eigenvalue weighted by molar-refractivity contribution is 5.77. The van der Waals surface area contributed by atoms with Gasteiger partial charge in [0.25, 0.3) is 0 Å². The normalized spacial score (nSPS) is 18.0.